The number of nitrogens with zero attached hydrogens (tertiary/aromatic N) is 2. The molecule has 0 N–H and O–H groups in total. The number of aromatic nitrogens is 1. The molecule has 0 unspecified atom stereocenters. The molecule has 2 heterocycles. The van der Waals surface area contributed by atoms with Crippen LogP contribution in [0, 0.1) is 6.92 Å². The van der Waals surface area contributed by atoms with E-state index in [1.807, 2.05) is 16.8 Å². The Morgan fingerprint density at radius 1 is 1.19 bits per heavy atom. The van der Waals surface area contributed by atoms with Crippen LogP contribution in [0.15, 0.2) is 29.8 Å². The first-order valence-corrected chi connectivity index (χ1v) is 8.91. The molecule has 21 heavy (non-hydrogen) atoms. The highest BCUT2D eigenvalue weighted by Gasteiger charge is 2.51. The summed E-state index contributed by atoms with van der Waals surface area (Å²) in [5.41, 5.74) is 6.36. The van der Waals surface area contributed by atoms with Gasteiger partial charge in [0.25, 0.3) is 0 Å². The van der Waals surface area contributed by atoms with Crippen LogP contribution in [0.2, 0.25) is 0 Å². The van der Waals surface area contributed by atoms with E-state index in [0.717, 1.165) is 0 Å². The lowest BCUT2D eigenvalue weighted by atomic mass is 9.79. The molecule has 0 bridgehead atoms. The summed E-state index contributed by atoms with van der Waals surface area (Å²) in [6.45, 7) is 4.59. The number of thiazole rings is 1. The van der Waals surface area contributed by atoms with Gasteiger partial charge in [-0.2, -0.15) is 0 Å². The number of hydrogen-bond donors (Lipinski definition) is 0. The van der Waals surface area contributed by atoms with Crippen LogP contribution in [0.5, 0.6) is 0 Å². The molecular formula is C18H22N2S. The van der Waals surface area contributed by atoms with Crippen molar-refractivity contribution in [3.8, 4) is 0 Å². The van der Waals surface area contributed by atoms with E-state index in [2.05, 4.69) is 43.0 Å². The summed E-state index contributed by atoms with van der Waals surface area (Å²) in [6, 6.07) is 9.29. The monoisotopic (exact) mass is 298 g/mol. The lowest BCUT2D eigenvalue weighted by molar-refractivity contribution is 0.278. The van der Waals surface area contributed by atoms with E-state index in [-0.39, 0.29) is 5.54 Å². The van der Waals surface area contributed by atoms with Gasteiger partial charge in [0.05, 0.1) is 27.7 Å². The Kier molecular flexibility index (Phi) is 3.07. The Labute approximate surface area is 130 Å². The summed E-state index contributed by atoms with van der Waals surface area (Å²) in [5.74, 6) is 0. The predicted octanol–water partition coefficient (Wildman–Crippen LogP) is 5.19. The predicted molar refractivity (Wildman–Crippen MR) is 89.0 cm³/mol. The summed E-state index contributed by atoms with van der Waals surface area (Å²) in [6.07, 6.45) is 6.53. The SMILES string of the molecule is Cc1ccccc1N1[C@@H](C)c2scnc2C12CCCCC2. The van der Waals surface area contributed by atoms with Gasteiger partial charge in [-0.25, -0.2) is 4.98 Å². The van der Waals surface area contributed by atoms with Crippen LogP contribution < -0.4 is 4.90 Å². The van der Waals surface area contributed by atoms with E-state index in [1.54, 1.807) is 0 Å². The van der Waals surface area contributed by atoms with Crippen LogP contribution in [-0.4, -0.2) is 4.98 Å². The van der Waals surface area contributed by atoms with E-state index in [9.17, 15) is 0 Å². The molecule has 1 aromatic carbocycles. The Hall–Kier alpha value is -1.35. The Morgan fingerprint density at radius 2 is 1.95 bits per heavy atom. The Bertz CT molecular complexity index is 655. The van der Waals surface area contributed by atoms with Crippen molar-refractivity contribution in [2.24, 2.45) is 0 Å². The van der Waals surface area contributed by atoms with Crippen molar-refractivity contribution in [3.05, 3.63) is 45.9 Å². The highest BCUT2D eigenvalue weighted by atomic mass is 32.1. The van der Waals surface area contributed by atoms with Crippen LogP contribution in [0.25, 0.3) is 0 Å². The molecule has 0 amide bonds. The summed E-state index contributed by atoms with van der Waals surface area (Å²) >= 11 is 1.84. The third-order valence-corrected chi connectivity index (χ3v) is 6.32. The second-order valence-electron chi connectivity index (χ2n) is 6.49. The molecule has 0 saturated heterocycles. The minimum Gasteiger partial charge on any atom is -0.352 e. The van der Waals surface area contributed by atoms with Crippen LogP contribution in [0.4, 0.5) is 5.69 Å². The first kappa shape index (κ1) is 13.3. The van der Waals surface area contributed by atoms with Gasteiger partial charge in [0, 0.05) is 5.69 Å². The molecule has 110 valence electrons. The van der Waals surface area contributed by atoms with Gasteiger partial charge in [0.2, 0.25) is 0 Å². The van der Waals surface area contributed by atoms with Gasteiger partial charge < -0.3 is 4.90 Å². The molecule has 1 fully saturated rings. The zero-order valence-corrected chi connectivity index (χ0v) is 13.6. The van der Waals surface area contributed by atoms with Crippen molar-refractivity contribution in [3.63, 3.8) is 0 Å². The molecule has 0 radical (unpaired) electrons. The van der Waals surface area contributed by atoms with Crippen molar-refractivity contribution in [1.29, 1.82) is 0 Å². The molecule has 1 aliphatic heterocycles. The van der Waals surface area contributed by atoms with E-state index >= 15 is 0 Å². The van der Waals surface area contributed by atoms with Crippen molar-refractivity contribution in [2.45, 2.75) is 57.5 Å². The molecule has 1 atom stereocenters. The van der Waals surface area contributed by atoms with Gasteiger partial charge in [-0.1, -0.05) is 37.5 Å². The number of rotatable bonds is 1. The molecule has 4 rings (SSSR count). The minimum absolute atomic E-state index is 0.152. The molecule has 2 aliphatic rings. The smallest absolute Gasteiger partial charge is 0.0842 e. The maximum absolute atomic E-state index is 4.81. The lowest BCUT2D eigenvalue weighted by Crippen LogP contribution is -2.44. The Morgan fingerprint density at radius 3 is 2.71 bits per heavy atom. The number of benzene rings is 1. The number of anilines is 1. The summed E-state index contributed by atoms with van der Waals surface area (Å²) in [4.78, 5) is 8.98. The average molecular weight is 298 g/mol. The van der Waals surface area contributed by atoms with E-state index < -0.39 is 0 Å². The lowest BCUT2D eigenvalue weighted by Gasteiger charge is -2.45. The standard InChI is InChI=1S/C18H22N2S/c1-13-8-4-5-9-15(13)20-14(2)16-17(19-12-21-16)18(20)10-6-3-7-11-18/h4-5,8-9,12,14H,3,6-7,10-11H2,1-2H3/t14-/m0/s1. The van der Waals surface area contributed by atoms with Crippen molar-refractivity contribution < 1.29 is 0 Å². The van der Waals surface area contributed by atoms with Crippen molar-refractivity contribution >= 4 is 17.0 Å². The number of hydrogen-bond acceptors (Lipinski definition) is 3. The van der Waals surface area contributed by atoms with Gasteiger partial charge in [0.1, 0.15) is 0 Å². The van der Waals surface area contributed by atoms with Gasteiger partial charge in [0.15, 0.2) is 0 Å². The fraction of sp³-hybridized carbons (Fsp3) is 0.500. The molecule has 1 aliphatic carbocycles. The fourth-order valence-corrected chi connectivity index (χ4v) is 5.32. The molecule has 1 saturated carbocycles. The van der Waals surface area contributed by atoms with Gasteiger partial charge in [-0.05, 0) is 38.3 Å². The molecule has 3 heteroatoms. The normalized spacial score (nSPS) is 23.5. The van der Waals surface area contributed by atoms with Gasteiger partial charge >= 0.3 is 0 Å². The zero-order valence-electron chi connectivity index (χ0n) is 12.8. The van der Waals surface area contributed by atoms with E-state index in [1.165, 1.54) is 53.9 Å². The number of aryl methyl sites for hydroxylation is 1. The highest BCUT2D eigenvalue weighted by Crippen LogP contribution is 2.56. The molecule has 2 nitrogen and oxygen atoms in total. The average Bonchev–Trinajstić information content (AvgIpc) is 3.06. The molecular weight excluding hydrogens is 276 g/mol. The highest BCUT2D eigenvalue weighted by molar-refractivity contribution is 7.09. The third-order valence-electron chi connectivity index (χ3n) is 5.32. The summed E-state index contributed by atoms with van der Waals surface area (Å²) in [7, 11) is 0. The molecule has 2 aromatic rings. The van der Waals surface area contributed by atoms with E-state index in [4.69, 9.17) is 4.98 Å². The van der Waals surface area contributed by atoms with Gasteiger partial charge in [-0.15, -0.1) is 11.3 Å². The van der Waals surface area contributed by atoms with Gasteiger partial charge in [-0.3, -0.25) is 0 Å². The first-order valence-electron chi connectivity index (χ1n) is 8.03. The van der Waals surface area contributed by atoms with Crippen LogP contribution in [-0.2, 0) is 5.54 Å². The number of fused-ring (bicyclic) bond motifs is 2. The van der Waals surface area contributed by atoms with E-state index in [0.29, 0.717) is 6.04 Å². The van der Waals surface area contributed by atoms with Crippen LogP contribution >= 0.6 is 11.3 Å². The fourth-order valence-electron chi connectivity index (χ4n) is 4.39. The second kappa shape index (κ2) is 4.84. The second-order valence-corrected chi connectivity index (χ2v) is 7.38. The first-order chi connectivity index (χ1) is 10.2. The summed E-state index contributed by atoms with van der Waals surface area (Å²) in [5, 5.41) is 0. The molecule has 1 spiro atoms. The van der Waals surface area contributed by atoms with Crippen LogP contribution in [0.1, 0.15) is 61.2 Å². The third kappa shape index (κ3) is 1.80. The minimum atomic E-state index is 0.152. The molecule has 1 aromatic heterocycles. The zero-order chi connectivity index (χ0) is 14.4. The van der Waals surface area contributed by atoms with Crippen molar-refractivity contribution in [2.75, 3.05) is 4.90 Å². The maximum Gasteiger partial charge on any atom is 0.0842 e. The topological polar surface area (TPSA) is 16.1 Å². The Balaban J connectivity index is 1.89. The maximum atomic E-state index is 4.81. The summed E-state index contributed by atoms with van der Waals surface area (Å²) < 4.78 is 0. The van der Waals surface area contributed by atoms with Crippen LogP contribution in [0.3, 0.4) is 0 Å². The quantitative estimate of drug-likeness (QED) is 0.720. The van der Waals surface area contributed by atoms with Crippen molar-refractivity contribution in [1.82, 2.24) is 4.98 Å². The largest absolute Gasteiger partial charge is 0.352 e. The number of para-hydroxylation sites is 1.